The van der Waals surface area contributed by atoms with E-state index >= 15 is 0 Å². The van der Waals surface area contributed by atoms with Crippen LogP contribution in [0.1, 0.15) is 72.1 Å². The van der Waals surface area contributed by atoms with Gasteiger partial charge in [-0.25, -0.2) is 8.42 Å². The van der Waals surface area contributed by atoms with E-state index in [1.807, 2.05) is 0 Å². The van der Waals surface area contributed by atoms with Crippen molar-refractivity contribution < 1.29 is 27.1 Å². The number of sulfone groups is 1. The van der Waals surface area contributed by atoms with Crippen molar-refractivity contribution in [3.05, 3.63) is 42.5 Å². The SMILES string of the molecule is C=C(CO[Si](C)(C)C(C)(C)C)C1OC1CCCCCCCCC(C(=O)OC)S(=O)(=O)c1ccccc1. The van der Waals surface area contributed by atoms with E-state index in [2.05, 4.69) is 40.4 Å². The molecule has 0 amide bonds. The molecule has 0 radical (unpaired) electrons. The average Bonchev–Trinajstić information content (AvgIpc) is 3.60. The number of hydrogen-bond acceptors (Lipinski definition) is 6. The molecule has 3 atom stereocenters. The minimum absolute atomic E-state index is 0.136. The van der Waals surface area contributed by atoms with Crippen LogP contribution in [0.25, 0.3) is 0 Å². The summed E-state index contributed by atoms with van der Waals surface area (Å²) < 4.78 is 42.7. The fourth-order valence-electron chi connectivity index (χ4n) is 3.98. The maximum atomic E-state index is 12.9. The van der Waals surface area contributed by atoms with Gasteiger partial charge < -0.3 is 13.9 Å². The van der Waals surface area contributed by atoms with Crippen LogP contribution in [0.2, 0.25) is 18.1 Å². The molecule has 1 aromatic carbocycles. The summed E-state index contributed by atoms with van der Waals surface area (Å²) in [6.45, 7) is 16.0. The largest absolute Gasteiger partial charge is 0.468 e. The molecular weight excluding hydrogens is 492 g/mol. The van der Waals surface area contributed by atoms with E-state index in [9.17, 15) is 13.2 Å². The zero-order valence-corrected chi connectivity index (χ0v) is 24.9. The lowest BCUT2D eigenvalue weighted by atomic mass is 10.0. The molecule has 204 valence electrons. The van der Waals surface area contributed by atoms with Crippen LogP contribution in [0.4, 0.5) is 0 Å². The van der Waals surface area contributed by atoms with Gasteiger partial charge >= 0.3 is 5.97 Å². The van der Waals surface area contributed by atoms with Crippen molar-refractivity contribution in [3.63, 3.8) is 0 Å². The Balaban J connectivity index is 1.61. The summed E-state index contributed by atoms with van der Waals surface area (Å²) in [5, 5.41) is -0.962. The first kappa shape index (κ1) is 30.7. The molecule has 1 aliphatic rings. The maximum Gasteiger partial charge on any atom is 0.324 e. The van der Waals surface area contributed by atoms with E-state index in [1.54, 1.807) is 18.2 Å². The monoisotopic (exact) mass is 538 g/mol. The van der Waals surface area contributed by atoms with Crippen LogP contribution >= 0.6 is 0 Å². The quantitative estimate of drug-likeness (QED) is 0.0789. The molecule has 1 heterocycles. The highest BCUT2D eigenvalue weighted by Gasteiger charge is 2.42. The molecule has 1 fully saturated rings. The third kappa shape index (κ3) is 8.82. The molecule has 8 heteroatoms. The molecule has 0 aliphatic carbocycles. The molecule has 0 spiro atoms. The van der Waals surface area contributed by atoms with Gasteiger partial charge in [-0.3, -0.25) is 4.79 Å². The van der Waals surface area contributed by atoms with Crippen molar-refractivity contribution in [3.8, 4) is 0 Å². The molecule has 0 aromatic heterocycles. The lowest BCUT2D eigenvalue weighted by Crippen LogP contribution is -2.41. The number of carbonyl (C=O) groups is 1. The van der Waals surface area contributed by atoms with Crippen molar-refractivity contribution in [2.75, 3.05) is 13.7 Å². The summed E-state index contributed by atoms with van der Waals surface area (Å²) in [7, 11) is -4.29. The zero-order valence-electron chi connectivity index (χ0n) is 23.0. The van der Waals surface area contributed by atoms with Gasteiger partial charge in [0.05, 0.1) is 24.7 Å². The second kappa shape index (κ2) is 13.4. The van der Waals surface area contributed by atoms with Crippen molar-refractivity contribution in [1.82, 2.24) is 0 Å². The van der Waals surface area contributed by atoms with Gasteiger partial charge in [-0.1, -0.05) is 84.1 Å². The lowest BCUT2D eigenvalue weighted by Gasteiger charge is -2.36. The molecule has 2 rings (SSSR count). The number of methoxy groups -OCH3 is 1. The van der Waals surface area contributed by atoms with Gasteiger partial charge in [-0.15, -0.1) is 0 Å². The van der Waals surface area contributed by atoms with Gasteiger partial charge in [0, 0.05) is 0 Å². The number of ether oxygens (including phenoxy) is 2. The maximum absolute atomic E-state index is 12.9. The average molecular weight is 539 g/mol. The number of hydrogen-bond donors (Lipinski definition) is 0. The third-order valence-electron chi connectivity index (χ3n) is 7.52. The summed E-state index contributed by atoms with van der Waals surface area (Å²) in [4.78, 5) is 12.4. The topological polar surface area (TPSA) is 82.2 Å². The van der Waals surface area contributed by atoms with E-state index in [-0.39, 0.29) is 28.6 Å². The van der Waals surface area contributed by atoms with E-state index in [0.717, 1.165) is 44.1 Å². The molecule has 0 saturated carbocycles. The molecular formula is C28H46O6SSi. The predicted octanol–water partition coefficient (Wildman–Crippen LogP) is 6.47. The Morgan fingerprint density at radius 3 is 2.22 bits per heavy atom. The van der Waals surface area contributed by atoms with Crippen molar-refractivity contribution in [2.24, 2.45) is 0 Å². The Labute approximate surface area is 219 Å². The van der Waals surface area contributed by atoms with Crippen LogP contribution in [-0.4, -0.2) is 53.9 Å². The fourth-order valence-corrected chi connectivity index (χ4v) is 6.65. The third-order valence-corrected chi connectivity index (χ3v) is 14.1. The summed E-state index contributed by atoms with van der Waals surface area (Å²) in [6, 6.07) is 8.12. The van der Waals surface area contributed by atoms with Crippen molar-refractivity contribution >= 4 is 24.1 Å². The number of epoxide rings is 1. The summed E-state index contributed by atoms with van der Waals surface area (Å²) in [5.41, 5.74) is 1.05. The van der Waals surface area contributed by atoms with E-state index in [4.69, 9.17) is 13.9 Å². The molecule has 1 aromatic rings. The molecule has 6 nitrogen and oxygen atoms in total. The Morgan fingerprint density at radius 1 is 1.06 bits per heavy atom. The van der Waals surface area contributed by atoms with Gasteiger partial charge in [0.25, 0.3) is 0 Å². The Morgan fingerprint density at radius 2 is 1.64 bits per heavy atom. The standard InChI is InChI=1S/C28H46O6SSi/c1-22(21-33-36(6,7)28(2,3)4)26-24(34-26)19-15-10-8-9-11-16-20-25(27(29)32-5)35(30,31)23-17-13-12-14-18-23/h12-14,17-18,24-26H,1,8-11,15-16,19-21H2,2-7H3. The van der Waals surface area contributed by atoms with Gasteiger partial charge in [0.1, 0.15) is 6.10 Å². The first-order valence-corrected chi connectivity index (χ1v) is 17.6. The minimum Gasteiger partial charge on any atom is -0.468 e. The predicted molar refractivity (Wildman–Crippen MR) is 147 cm³/mol. The van der Waals surface area contributed by atoms with Gasteiger partial charge in [-0.05, 0) is 48.7 Å². The molecule has 0 bridgehead atoms. The summed E-state index contributed by atoms with van der Waals surface area (Å²) in [6.07, 6.45) is 7.59. The second-order valence-electron chi connectivity index (χ2n) is 11.4. The summed E-state index contributed by atoms with van der Waals surface area (Å²) >= 11 is 0. The van der Waals surface area contributed by atoms with E-state index < -0.39 is 29.4 Å². The minimum atomic E-state index is -3.75. The first-order valence-electron chi connectivity index (χ1n) is 13.1. The van der Waals surface area contributed by atoms with Gasteiger partial charge in [0.2, 0.25) is 0 Å². The normalized spacial score (nSPS) is 19.1. The van der Waals surface area contributed by atoms with Crippen LogP contribution in [0.15, 0.2) is 47.4 Å². The van der Waals surface area contributed by atoms with E-state index in [0.29, 0.717) is 13.0 Å². The van der Waals surface area contributed by atoms with Crippen LogP contribution in [-0.2, 0) is 28.5 Å². The molecule has 36 heavy (non-hydrogen) atoms. The number of benzene rings is 1. The van der Waals surface area contributed by atoms with Crippen molar-refractivity contribution in [1.29, 1.82) is 0 Å². The van der Waals surface area contributed by atoms with Crippen LogP contribution in [0, 0.1) is 0 Å². The zero-order chi connectivity index (χ0) is 27.0. The van der Waals surface area contributed by atoms with E-state index in [1.165, 1.54) is 19.2 Å². The van der Waals surface area contributed by atoms with Crippen molar-refractivity contribution in [2.45, 2.75) is 113 Å². The molecule has 1 aliphatic heterocycles. The molecule has 0 N–H and O–H groups in total. The summed E-state index contributed by atoms with van der Waals surface area (Å²) in [5.74, 6) is -0.686. The second-order valence-corrected chi connectivity index (χ2v) is 18.3. The fraction of sp³-hybridized carbons (Fsp3) is 0.679. The van der Waals surface area contributed by atoms with Gasteiger partial charge in [-0.2, -0.15) is 0 Å². The smallest absolute Gasteiger partial charge is 0.324 e. The molecule has 1 saturated heterocycles. The number of carbonyl (C=O) groups excluding carboxylic acids is 1. The first-order chi connectivity index (χ1) is 16.8. The molecule has 3 unspecified atom stereocenters. The highest BCUT2D eigenvalue weighted by molar-refractivity contribution is 7.92. The van der Waals surface area contributed by atoms with Crippen LogP contribution in [0.3, 0.4) is 0 Å². The highest BCUT2D eigenvalue weighted by atomic mass is 32.2. The number of rotatable bonds is 16. The Hall–Kier alpha value is -1.48. The number of unbranched alkanes of at least 4 members (excludes halogenated alkanes) is 5. The Kier molecular flexibility index (Phi) is 11.4. The van der Waals surface area contributed by atoms with Gasteiger partial charge in [0.15, 0.2) is 23.4 Å². The van der Waals surface area contributed by atoms with Crippen LogP contribution < -0.4 is 0 Å². The Bertz CT molecular complexity index is 952. The lowest BCUT2D eigenvalue weighted by molar-refractivity contribution is -0.140. The van der Waals surface area contributed by atoms with Crippen LogP contribution in [0.5, 0.6) is 0 Å². The highest BCUT2D eigenvalue weighted by Crippen LogP contribution is 2.38. The number of esters is 1.